The number of halogens is 1. The van der Waals surface area contributed by atoms with Crippen LogP contribution in [0.15, 0.2) is 54.6 Å². The maximum Gasteiger partial charge on any atom is 0.226 e. The lowest BCUT2D eigenvalue weighted by Crippen LogP contribution is -2.46. The molecule has 0 saturated heterocycles. The summed E-state index contributed by atoms with van der Waals surface area (Å²) < 4.78 is 12.2. The van der Waals surface area contributed by atoms with E-state index in [1.165, 1.54) is 37.6 Å². The van der Waals surface area contributed by atoms with Crippen molar-refractivity contribution in [3.8, 4) is 28.7 Å². The molecule has 3 aromatic carbocycles. The number of likely N-dealkylation sites (N-methyl/N-ethyl adjacent to an activating group) is 1. The van der Waals surface area contributed by atoms with Crippen molar-refractivity contribution >= 4 is 40.8 Å². The first-order chi connectivity index (χ1) is 30.4. The molecule has 3 aromatic rings. The molecule has 63 heavy (non-hydrogen) atoms. The first-order valence-electron chi connectivity index (χ1n) is 22.3. The number of aryl methyl sites for hydroxylation is 1. The van der Waals surface area contributed by atoms with E-state index in [1.54, 1.807) is 43.3 Å². The summed E-state index contributed by atoms with van der Waals surface area (Å²) in [5.41, 5.74) is 21.3. The molecule has 4 bridgehead atoms. The highest BCUT2D eigenvalue weighted by atomic mass is 35.5. The van der Waals surface area contributed by atoms with Crippen LogP contribution in [0.4, 0.5) is 0 Å². The molecule has 13 nitrogen and oxygen atoms in total. The molecule has 4 atom stereocenters. The number of ketones is 3. The van der Waals surface area contributed by atoms with E-state index < -0.39 is 41.5 Å². The van der Waals surface area contributed by atoms with Gasteiger partial charge in [-0.1, -0.05) is 75.8 Å². The van der Waals surface area contributed by atoms with Gasteiger partial charge in [-0.2, -0.15) is 5.26 Å². The van der Waals surface area contributed by atoms with E-state index in [1.807, 2.05) is 24.3 Å². The van der Waals surface area contributed by atoms with E-state index in [0.29, 0.717) is 44.3 Å². The van der Waals surface area contributed by atoms with Crippen LogP contribution in [0, 0.1) is 23.2 Å². The number of nitriles is 1. The number of fused-ring (bicyclic) bond motifs is 5. The summed E-state index contributed by atoms with van der Waals surface area (Å²) in [6.07, 6.45) is 7.54. The predicted molar refractivity (Wildman–Crippen MR) is 245 cm³/mol. The number of carbonyl (C=O) groups is 5. The monoisotopic (exact) mass is 884 g/mol. The van der Waals surface area contributed by atoms with Crippen molar-refractivity contribution in [2.24, 2.45) is 29.0 Å². The Morgan fingerprint density at radius 2 is 1.56 bits per heavy atom. The number of nitrogens with zero attached hydrogens (tertiary/aromatic N) is 2. The van der Waals surface area contributed by atoms with Crippen molar-refractivity contribution < 1.29 is 33.4 Å². The summed E-state index contributed by atoms with van der Waals surface area (Å²) in [5.74, 6) is -3.04. The van der Waals surface area contributed by atoms with E-state index in [4.69, 9.17) is 38.3 Å². The van der Waals surface area contributed by atoms with E-state index in [-0.39, 0.29) is 82.9 Å². The Kier molecular flexibility index (Phi) is 20.7. The molecule has 1 heterocycles. The number of Topliss-reactive ketones (excluding diaryl/α,β-unsaturated/α-hetero) is 3. The minimum Gasteiger partial charge on any atom is -0.492 e. The van der Waals surface area contributed by atoms with E-state index in [0.717, 1.165) is 24.8 Å². The zero-order valence-electron chi connectivity index (χ0n) is 37.1. The molecule has 1 aliphatic heterocycles. The second-order valence-corrected chi connectivity index (χ2v) is 16.8. The summed E-state index contributed by atoms with van der Waals surface area (Å²) in [7, 11) is 1.51. The van der Waals surface area contributed by atoms with Crippen LogP contribution >= 0.6 is 11.6 Å². The number of carbonyl (C=O) groups excluding carboxylic acids is 5. The van der Waals surface area contributed by atoms with Crippen molar-refractivity contribution in [1.29, 1.82) is 5.26 Å². The molecular weight excluding hydrogens is 820 g/mol. The first-order valence-corrected chi connectivity index (χ1v) is 22.7. The number of nitrogens with one attached hydrogen (secondary N) is 1. The van der Waals surface area contributed by atoms with Crippen molar-refractivity contribution in [3.05, 3.63) is 81.9 Å². The van der Waals surface area contributed by atoms with Gasteiger partial charge in [0.25, 0.3) is 0 Å². The third-order valence-electron chi connectivity index (χ3n) is 11.5. The molecule has 0 unspecified atom stereocenters. The maximum atomic E-state index is 14.7. The van der Waals surface area contributed by atoms with Crippen LogP contribution in [-0.2, 0) is 32.0 Å². The summed E-state index contributed by atoms with van der Waals surface area (Å²) in [6.45, 7) is 4.68. The van der Waals surface area contributed by atoms with Crippen LogP contribution < -0.4 is 32.0 Å². The third kappa shape index (κ3) is 14.4. The zero-order valence-corrected chi connectivity index (χ0v) is 37.9. The lowest BCUT2D eigenvalue weighted by atomic mass is 9.88. The number of nitrogens with two attached hydrogens (primary N) is 3. The van der Waals surface area contributed by atoms with E-state index >= 15 is 0 Å². The lowest BCUT2D eigenvalue weighted by molar-refractivity contribution is -0.142. The summed E-state index contributed by atoms with van der Waals surface area (Å²) in [6, 6.07) is 15.8. The molecule has 1 aliphatic rings. The van der Waals surface area contributed by atoms with Crippen molar-refractivity contribution in [3.63, 3.8) is 0 Å². The molecule has 0 spiro atoms. The van der Waals surface area contributed by atoms with Gasteiger partial charge in [0.15, 0.2) is 17.3 Å². The number of benzene rings is 3. The Labute approximate surface area is 377 Å². The largest absolute Gasteiger partial charge is 0.492 e. The van der Waals surface area contributed by atoms with Gasteiger partial charge in [-0.25, -0.2) is 0 Å². The van der Waals surface area contributed by atoms with Gasteiger partial charge in [-0.05, 0) is 85.3 Å². The Bertz CT molecular complexity index is 2090. The minimum atomic E-state index is -1.22. The summed E-state index contributed by atoms with van der Waals surface area (Å²) in [4.78, 5) is 71.8. The van der Waals surface area contributed by atoms with Crippen molar-refractivity contribution in [2.45, 2.75) is 109 Å². The normalized spacial score (nSPS) is 16.9. The Hall–Kier alpha value is -5.13. The van der Waals surface area contributed by atoms with E-state index in [9.17, 15) is 29.2 Å². The van der Waals surface area contributed by atoms with Crippen LogP contribution in [0.25, 0.3) is 11.1 Å². The smallest absolute Gasteiger partial charge is 0.226 e. The highest BCUT2D eigenvalue weighted by Crippen LogP contribution is 2.41. The van der Waals surface area contributed by atoms with Crippen LogP contribution in [-0.4, -0.2) is 80.0 Å². The third-order valence-corrected chi connectivity index (χ3v) is 11.8. The Balaban J connectivity index is 1.76. The zero-order chi connectivity index (χ0) is 45.9. The minimum absolute atomic E-state index is 0.0254. The number of amides is 2. The van der Waals surface area contributed by atoms with E-state index in [2.05, 4.69) is 12.2 Å². The average molecular weight is 886 g/mol. The molecule has 14 heteroatoms. The summed E-state index contributed by atoms with van der Waals surface area (Å²) >= 11 is 6.70. The molecule has 0 saturated carbocycles. The number of rotatable bonds is 23. The van der Waals surface area contributed by atoms with Gasteiger partial charge in [0.05, 0.1) is 17.1 Å². The Morgan fingerprint density at radius 3 is 2.21 bits per heavy atom. The number of ether oxygens (including phenoxy) is 2. The van der Waals surface area contributed by atoms with Crippen molar-refractivity contribution in [1.82, 2.24) is 10.2 Å². The summed E-state index contributed by atoms with van der Waals surface area (Å²) in [5, 5.41) is 12.4. The van der Waals surface area contributed by atoms with Crippen molar-refractivity contribution in [2.75, 3.05) is 39.9 Å². The number of hydrogen-bond donors (Lipinski definition) is 4. The van der Waals surface area contributed by atoms with Crippen LogP contribution in [0.1, 0.15) is 118 Å². The molecular formula is C49H65ClN6O7. The van der Waals surface area contributed by atoms with Gasteiger partial charge in [-0.3, -0.25) is 24.0 Å². The molecule has 0 radical (unpaired) electrons. The fraction of sp³-hybridized carbons (Fsp3) is 0.510. The highest BCUT2D eigenvalue weighted by Gasteiger charge is 2.36. The van der Waals surface area contributed by atoms with Gasteiger partial charge < -0.3 is 36.9 Å². The molecule has 340 valence electrons. The molecule has 0 aliphatic carbocycles. The van der Waals surface area contributed by atoms with Gasteiger partial charge in [0, 0.05) is 74.3 Å². The predicted octanol–water partition coefficient (Wildman–Crippen LogP) is 6.83. The van der Waals surface area contributed by atoms with Gasteiger partial charge >= 0.3 is 0 Å². The Morgan fingerprint density at radius 1 is 0.889 bits per heavy atom. The highest BCUT2D eigenvalue weighted by molar-refractivity contribution is 6.34. The molecule has 7 N–H and O–H groups in total. The topological polar surface area (TPSA) is 221 Å². The fourth-order valence-corrected chi connectivity index (χ4v) is 8.33. The molecule has 2 amide bonds. The van der Waals surface area contributed by atoms with Crippen LogP contribution in [0.5, 0.6) is 11.5 Å². The van der Waals surface area contributed by atoms with Gasteiger partial charge in [-0.15, -0.1) is 0 Å². The average Bonchev–Trinajstić information content (AvgIpc) is 3.27. The van der Waals surface area contributed by atoms with Gasteiger partial charge in [0.1, 0.15) is 30.8 Å². The number of unbranched alkanes of at least 4 members (excludes halogenated alkanes) is 5. The SMILES string of the molecule is CCCCCCCCc1ccc(C(=O)C[C@@H](CCN)C(=O)N(C)[C@@H]2C(=O)C[C@@H](C)C(=O)N[C@H](C(=O)CCC#N)Cc3ccc(OCCN)c(c3)-c3cc2ccc3OCCN)c(Cl)c1. The lowest BCUT2D eigenvalue weighted by Gasteiger charge is -2.32. The maximum absolute atomic E-state index is 14.7. The first kappa shape index (κ1) is 50.5. The standard InChI is InChI=1S/C49H65ClN6O7/c1-4-5-6-7-8-9-11-33-13-16-37(40(50)28-33)43(58)31-36(19-21-52)49(61)56(3)47-35-15-18-46(63-25-23-54)39(30-35)38-27-34(14-17-45(38)62-24-22-53)29-41(42(57)12-10-20-51)55-48(60)32(2)26-44(47)59/h13-18,27-28,30,32,36,41,47H,4-12,19,21-26,29,31,52-54H2,1-3H3,(H,55,60)/t32-,36-,41+,47+/m1/s1. The van der Waals surface area contributed by atoms with Crippen LogP contribution in [0.2, 0.25) is 5.02 Å². The second-order valence-electron chi connectivity index (χ2n) is 16.4. The second kappa shape index (κ2) is 25.8. The number of hydrogen-bond acceptors (Lipinski definition) is 11. The molecule has 0 fully saturated rings. The van der Waals surface area contributed by atoms with Gasteiger partial charge in [0.2, 0.25) is 11.8 Å². The molecule has 4 rings (SSSR count). The quantitative estimate of drug-likeness (QED) is 0.0571. The molecule has 0 aromatic heterocycles. The van der Waals surface area contributed by atoms with Crippen LogP contribution in [0.3, 0.4) is 0 Å². The fourth-order valence-electron chi connectivity index (χ4n) is 8.02.